The lowest BCUT2D eigenvalue weighted by molar-refractivity contribution is -0.140. The Bertz CT molecular complexity index is 285. The van der Waals surface area contributed by atoms with Crippen LogP contribution >= 0.6 is 0 Å². The van der Waals surface area contributed by atoms with Gasteiger partial charge in [-0.1, -0.05) is 19.3 Å². The van der Waals surface area contributed by atoms with Gasteiger partial charge in [-0.05, 0) is 19.8 Å². The first-order chi connectivity index (χ1) is 7.99. The molecular weight excluding hydrogens is 218 g/mol. The number of rotatable bonds is 4. The standard InChI is InChI=1S/C12H23N3O2/c1-3-14-10(16)9-15(2)11(17)12(13)7-5-4-6-8-12/h3-9,13H2,1-2H3,(H,14,16). The Balaban J connectivity index is 2.53. The molecule has 0 aromatic carbocycles. The average Bonchev–Trinajstić information content (AvgIpc) is 2.29. The summed E-state index contributed by atoms with van der Waals surface area (Å²) in [6.07, 6.45) is 4.60. The van der Waals surface area contributed by atoms with Gasteiger partial charge < -0.3 is 16.0 Å². The number of nitrogens with one attached hydrogen (secondary N) is 1. The van der Waals surface area contributed by atoms with E-state index in [2.05, 4.69) is 5.32 Å². The van der Waals surface area contributed by atoms with E-state index in [0.717, 1.165) is 32.1 Å². The highest BCUT2D eigenvalue weighted by Crippen LogP contribution is 2.27. The van der Waals surface area contributed by atoms with Gasteiger partial charge in [0.2, 0.25) is 11.8 Å². The predicted molar refractivity (Wildman–Crippen MR) is 66.3 cm³/mol. The van der Waals surface area contributed by atoms with E-state index in [0.29, 0.717) is 6.54 Å². The molecular formula is C12H23N3O2. The Morgan fingerprint density at radius 2 is 1.88 bits per heavy atom. The minimum Gasteiger partial charge on any atom is -0.355 e. The van der Waals surface area contributed by atoms with Gasteiger partial charge in [-0.3, -0.25) is 9.59 Å². The van der Waals surface area contributed by atoms with Crippen molar-refractivity contribution in [2.45, 2.75) is 44.6 Å². The minimum atomic E-state index is -0.751. The smallest absolute Gasteiger partial charge is 0.242 e. The van der Waals surface area contributed by atoms with Gasteiger partial charge in [0.05, 0.1) is 12.1 Å². The fourth-order valence-corrected chi connectivity index (χ4v) is 2.32. The molecule has 1 aliphatic carbocycles. The van der Waals surface area contributed by atoms with E-state index in [9.17, 15) is 9.59 Å². The summed E-state index contributed by atoms with van der Waals surface area (Å²) >= 11 is 0. The van der Waals surface area contributed by atoms with Gasteiger partial charge in [0.15, 0.2) is 0 Å². The third-order valence-electron chi connectivity index (χ3n) is 3.27. The molecule has 0 aromatic rings. The quantitative estimate of drug-likeness (QED) is 0.740. The number of carbonyl (C=O) groups is 2. The van der Waals surface area contributed by atoms with Crippen LogP contribution < -0.4 is 11.1 Å². The molecule has 1 rings (SSSR count). The van der Waals surface area contributed by atoms with Crippen molar-refractivity contribution in [1.82, 2.24) is 10.2 Å². The SMILES string of the molecule is CCNC(=O)CN(C)C(=O)C1(N)CCCCC1. The van der Waals surface area contributed by atoms with Gasteiger partial charge in [0.25, 0.3) is 0 Å². The Hall–Kier alpha value is -1.10. The maximum absolute atomic E-state index is 12.2. The number of hydrogen-bond donors (Lipinski definition) is 2. The summed E-state index contributed by atoms with van der Waals surface area (Å²) in [4.78, 5) is 25.0. The van der Waals surface area contributed by atoms with E-state index >= 15 is 0 Å². The largest absolute Gasteiger partial charge is 0.355 e. The molecule has 0 unspecified atom stereocenters. The first-order valence-corrected chi connectivity index (χ1v) is 6.31. The monoisotopic (exact) mass is 241 g/mol. The molecule has 5 nitrogen and oxygen atoms in total. The lowest BCUT2D eigenvalue weighted by atomic mass is 9.81. The maximum Gasteiger partial charge on any atom is 0.242 e. The van der Waals surface area contributed by atoms with Crippen LogP contribution in [0.1, 0.15) is 39.0 Å². The van der Waals surface area contributed by atoms with Crippen LogP contribution in [0.25, 0.3) is 0 Å². The number of nitrogens with zero attached hydrogens (tertiary/aromatic N) is 1. The summed E-state index contributed by atoms with van der Waals surface area (Å²) in [5.41, 5.74) is 5.38. The lowest BCUT2D eigenvalue weighted by Crippen LogP contribution is -2.56. The van der Waals surface area contributed by atoms with Crippen molar-refractivity contribution in [2.75, 3.05) is 20.1 Å². The zero-order valence-electron chi connectivity index (χ0n) is 10.8. The van der Waals surface area contributed by atoms with Crippen molar-refractivity contribution >= 4 is 11.8 Å². The molecule has 1 fully saturated rings. The van der Waals surface area contributed by atoms with Gasteiger partial charge >= 0.3 is 0 Å². The second-order valence-electron chi connectivity index (χ2n) is 4.83. The first kappa shape index (κ1) is 14.0. The summed E-state index contributed by atoms with van der Waals surface area (Å²) < 4.78 is 0. The lowest BCUT2D eigenvalue weighted by Gasteiger charge is -2.35. The predicted octanol–water partition coefficient (Wildman–Crippen LogP) is 0.243. The Labute approximate surface area is 103 Å². The Morgan fingerprint density at radius 3 is 2.41 bits per heavy atom. The van der Waals surface area contributed by atoms with Crippen molar-refractivity contribution in [3.8, 4) is 0 Å². The van der Waals surface area contributed by atoms with E-state index in [1.165, 1.54) is 4.90 Å². The Morgan fingerprint density at radius 1 is 1.29 bits per heavy atom. The molecule has 5 heteroatoms. The fourth-order valence-electron chi connectivity index (χ4n) is 2.32. The van der Waals surface area contributed by atoms with Crippen molar-refractivity contribution in [3.63, 3.8) is 0 Å². The van der Waals surface area contributed by atoms with E-state index in [-0.39, 0.29) is 18.4 Å². The van der Waals surface area contributed by atoms with E-state index < -0.39 is 5.54 Å². The molecule has 1 saturated carbocycles. The van der Waals surface area contributed by atoms with Crippen LogP contribution in [-0.4, -0.2) is 42.4 Å². The maximum atomic E-state index is 12.2. The second-order valence-corrected chi connectivity index (χ2v) is 4.83. The van der Waals surface area contributed by atoms with E-state index in [1.807, 2.05) is 6.92 Å². The summed E-state index contributed by atoms with van der Waals surface area (Å²) in [7, 11) is 1.64. The molecule has 0 aromatic heterocycles. The number of nitrogens with two attached hydrogens (primary N) is 1. The van der Waals surface area contributed by atoms with Crippen LogP contribution in [-0.2, 0) is 9.59 Å². The zero-order valence-corrected chi connectivity index (χ0v) is 10.8. The molecule has 0 atom stereocenters. The molecule has 3 N–H and O–H groups in total. The highest BCUT2D eigenvalue weighted by molar-refractivity contribution is 5.90. The number of hydrogen-bond acceptors (Lipinski definition) is 3. The molecule has 0 saturated heterocycles. The summed E-state index contributed by atoms with van der Waals surface area (Å²) in [6.45, 7) is 2.52. The third kappa shape index (κ3) is 3.70. The average molecular weight is 241 g/mol. The van der Waals surface area contributed by atoms with Crippen LogP contribution in [0.5, 0.6) is 0 Å². The summed E-state index contributed by atoms with van der Waals surface area (Å²) in [6, 6.07) is 0. The van der Waals surface area contributed by atoms with Crippen LogP contribution in [0.3, 0.4) is 0 Å². The van der Waals surface area contributed by atoms with Crippen molar-refractivity contribution in [3.05, 3.63) is 0 Å². The topological polar surface area (TPSA) is 75.4 Å². The molecule has 0 spiro atoms. The van der Waals surface area contributed by atoms with Crippen LogP contribution in [0.4, 0.5) is 0 Å². The highest BCUT2D eigenvalue weighted by atomic mass is 16.2. The van der Waals surface area contributed by atoms with E-state index in [1.54, 1.807) is 7.05 Å². The van der Waals surface area contributed by atoms with Crippen molar-refractivity contribution in [2.24, 2.45) is 5.73 Å². The number of carbonyl (C=O) groups excluding carboxylic acids is 2. The highest BCUT2D eigenvalue weighted by Gasteiger charge is 2.37. The molecule has 98 valence electrons. The molecule has 0 radical (unpaired) electrons. The van der Waals surface area contributed by atoms with Gasteiger partial charge in [0.1, 0.15) is 0 Å². The van der Waals surface area contributed by atoms with Gasteiger partial charge in [0, 0.05) is 13.6 Å². The molecule has 1 aliphatic rings. The zero-order chi connectivity index (χ0) is 12.9. The van der Waals surface area contributed by atoms with Crippen molar-refractivity contribution in [1.29, 1.82) is 0 Å². The molecule has 0 heterocycles. The van der Waals surface area contributed by atoms with Crippen LogP contribution in [0.15, 0.2) is 0 Å². The van der Waals surface area contributed by atoms with Gasteiger partial charge in [-0.25, -0.2) is 0 Å². The molecule has 17 heavy (non-hydrogen) atoms. The third-order valence-corrected chi connectivity index (χ3v) is 3.27. The fraction of sp³-hybridized carbons (Fsp3) is 0.833. The first-order valence-electron chi connectivity index (χ1n) is 6.31. The van der Waals surface area contributed by atoms with Gasteiger partial charge in [-0.15, -0.1) is 0 Å². The minimum absolute atomic E-state index is 0.0889. The molecule has 2 amide bonds. The summed E-state index contributed by atoms with van der Waals surface area (Å²) in [5.74, 6) is -0.244. The van der Waals surface area contributed by atoms with Crippen LogP contribution in [0, 0.1) is 0 Å². The summed E-state index contributed by atoms with van der Waals surface area (Å²) in [5, 5.41) is 2.67. The normalized spacial score (nSPS) is 18.5. The van der Waals surface area contributed by atoms with Gasteiger partial charge in [-0.2, -0.15) is 0 Å². The van der Waals surface area contributed by atoms with Crippen molar-refractivity contribution < 1.29 is 9.59 Å². The number of likely N-dealkylation sites (N-methyl/N-ethyl adjacent to an activating group) is 2. The second kappa shape index (κ2) is 6.00. The van der Waals surface area contributed by atoms with E-state index in [4.69, 9.17) is 5.73 Å². The molecule has 0 aliphatic heterocycles. The number of amides is 2. The molecule has 0 bridgehead atoms. The van der Waals surface area contributed by atoms with Crippen LogP contribution in [0.2, 0.25) is 0 Å². The Kier molecular flexibility index (Phi) is 4.93.